The van der Waals surface area contributed by atoms with Gasteiger partial charge in [0.1, 0.15) is 5.75 Å². The maximum absolute atomic E-state index is 13.4. The van der Waals surface area contributed by atoms with Crippen molar-refractivity contribution >= 4 is 34.1 Å². The number of hydrogen-bond donors (Lipinski definition) is 0. The maximum atomic E-state index is 13.4. The van der Waals surface area contributed by atoms with Crippen molar-refractivity contribution in [3.63, 3.8) is 0 Å². The summed E-state index contributed by atoms with van der Waals surface area (Å²) in [5.74, 6) is 1.54. The zero-order valence-electron chi connectivity index (χ0n) is 17.4. The summed E-state index contributed by atoms with van der Waals surface area (Å²) >= 11 is 1.44. The number of methoxy groups -OCH3 is 1. The van der Waals surface area contributed by atoms with Crippen molar-refractivity contribution in [1.29, 1.82) is 0 Å². The van der Waals surface area contributed by atoms with Crippen LogP contribution in [0.2, 0.25) is 0 Å². The molecule has 0 atom stereocenters. The quantitative estimate of drug-likeness (QED) is 0.212. The van der Waals surface area contributed by atoms with Crippen molar-refractivity contribution < 1.29 is 9.66 Å². The summed E-state index contributed by atoms with van der Waals surface area (Å²) in [6.07, 6.45) is 0. The summed E-state index contributed by atoms with van der Waals surface area (Å²) in [7, 11) is 1.57. The van der Waals surface area contributed by atoms with Crippen LogP contribution < -0.4 is 10.3 Å². The van der Waals surface area contributed by atoms with Gasteiger partial charge in [-0.1, -0.05) is 42.1 Å². The lowest BCUT2D eigenvalue weighted by atomic mass is 10.2. The van der Waals surface area contributed by atoms with Gasteiger partial charge in [-0.15, -0.1) is 10.2 Å². The number of fused-ring (bicyclic) bond motifs is 3. The standard InChI is InChI=1S/C23H17N5O4S/c1-32-18-6-4-5-17(13-18)26-21(29)19-7-2-3-8-20(19)27-22(26)24-25-23(27)33-14-15-9-11-16(12-10-15)28(30)31/h2-13H,14H2,1H3. The Kier molecular flexibility index (Phi) is 5.27. The Labute approximate surface area is 191 Å². The molecule has 0 N–H and O–H groups in total. The zero-order valence-corrected chi connectivity index (χ0v) is 18.2. The minimum atomic E-state index is -0.424. The van der Waals surface area contributed by atoms with Crippen LogP contribution in [-0.2, 0) is 5.75 Å². The monoisotopic (exact) mass is 459 g/mol. The number of thioether (sulfide) groups is 1. The summed E-state index contributed by atoms with van der Waals surface area (Å²) in [5, 5.41) is 20.7. The van der Waals surface area contributed by atoms with Crippen molar-refractivity contribution in [3.05, 3.63) is 98.8 Å². The lowest BCUT2D eigenvalue weighted by Crippen LogP contribution is -2.21. The molecule has 164 valence electrons. The Hall–Kier alpha value is -4.18. The highest BCUT2D eigenvalue weighted by Gasteiger charge is 2.18. The first kappa shape index (κ1) is 20.7. The molecule has 0 radical (unpaired) electrons. The van der Waals surface area contributed by atoms with Gasteiger partial charge in [-0.05, 0) is 29.8 Å². The summed E-state index contributed by atoms with van der Waals surface area (Å²) < 4.78 is 8.70. The lowest BCUT2D eigenvalue weighted by Gasteiger charge is -2.12. The van der Waals surface area contributed by atoms with Crippen LogP contribution in [0.4, 0.5) is 5.69 Å². The van der Waals surface area contributed by atoms with E-state index in [9.17, 15) is 14.9 Å². The van der Waals surface area contributed by atoms with E-state index in [0.717, 1.165) is 5.56 Å². The second kappa shape index (κ2) is 8.40. The van der Waals surface area contributed by atoms with Crippen LogP contribution in [0.15, 0.2) is 82.7 Å². The molecule has 10 heteroatoms. The summed E-state index contributed by atoms with van der Waals surface area (Å²) in [4.78, 5) is 23.9. The number of para-hydroxylation sites is 1. The molecule has 0 amide bonds. The molecule has 0 aliphatic carbocycles. The Morgan fingerprint density at radius 2 is 1.82 bits per heavy atom. The van der Waals surface area contributed by atoms with Gasteiger partial charge in [0, 0.05) is 24.0 Å². The molecular weight excluding hydrogens is 442 g/mol. The number of rotatable bonds is 6. The van der Waals surface area contributed by atoms with Crippen LogP contribution in [0.25, 0.3) is 22.4 Å². The first-order valence-electron chi connectivity index (χ1n) is 9.96. The van der Waals surface area contributed by atoms with E-state index < -0.39 is 4.92 Å². The third-order valence-electron chi connectivity index (χ3n) is 5.22. The minimum absolute atomic E-state index is 0.0463. The number of hydrogen-bond acceptors (Lipinski definition) is 7. The third-order valence-corrected chi connectivity index (χ3v) is 6.22. The molecule has 0 bridgehead atoms. The molecule has 5 rings (SSSR count). The van der Waals surface area contributed by atoms with Crippen molar-refractivity contribution in [2.45, 2.75) is 10.9 Å². The van der Waals surface area contributed by atoms with Gasteiger partial charge in [-0.3, -0.25) is 19.3 Å². The Morgan fingerprint density at radius 1 is 1.03 bits per heavy atom. The normalized spacial score (nSPS) is 11.2. The summed E-state index contributed by atoms with van der Waals surface area (Å²) in [6, 6.07) is 20.9. The number of nitro groups is 1. The molecule has 5 aromatic rings. The van der Waals surface area contributed by atoms with Crippen LogP contribution in [0, 0.1) is 10.1 Å². The highest BCUT2D eigenvalue weighted by atomic mass is 32.2. The predicted molar refractivity (Wildman–Crippen MR) is 125 cm³/mol. The number of nitrogens with zero attached hydrogens (tertiary/aromatic N) is 5. The van der Waals surface area contributed by atoms with E-state index >= 15 is 0 Å². The van der Waals surface area contributed by atoms with Gasteiger partial charge in [0.05, 0.1) is 28.6 Å². The number of aromatic nitrogens is 4. The topological polar surface area (TPSA) is 105 Å². The van der Waals surface area contributed by atoms with Crippen molar-refractivity contribution in [2.24, 2.45) is 0 Å². The average molecular weight is 459 g/mol. The second-order valence-electron chi connectivity index (χ2n) is 7.19. The molecular formula is C23H17N5O4S. The van der Waals surface area contributed by atoms with Crippen LogP contribution >= 0.6 is 11.8 Å². The average Bonchev–Trinajstić information content (AvgIpc) is 3.27. The first-order valence-corrected chi connectivity index (χ1v) is 10.9. The smallest absolute Gasteiger partial charge is 0.269 e. The number of benzene rings is 3. The molecule has 0 saturated carbocycles. The molecule has 2 aromatic heterocycles. The molecule has 0 spiro atoms. The highest BCUT2D eigenvalue weighted by molar-refractivity contribution is 7.98. The van der Waals surface area contributed by atoms with Gasteiger partial charge in [0.2, 0.25) is 5.78 Å². The molecule has 0 unspecified atom stereocenters. The van der Waals surface area contributed by atoms with Crippen molar-refractivity contribution in [1.82, 2.24) is 19.2 Å². The van der Waals surface area contributed by atoms with Gasteiger partial charge in [-0.25, -0.2) is 4.57 Å². The second-order valence-corrected chi connectivity index (χ2v) is 8.13. The van der Waals surface area contributed by atoms with Crippen molar-refractivity contribution in [3.8, 4) is 11.4 Å². The molecule has 0 aliphatic rings. The first-order chi connectivity index (χ1) is 16.1. The fraction of sp³-hybridized carbons (Fsp3) is 0.0870. The van der Waals surface area contributed by atoms with Crippen LogP contribution in [0.5, 0.6) is 5.75 Å². The molecule has 2 heterocycles. The van der Waals surface area contributed by atoms with Gasteiger partial charge in [0.25, 0.3) is 11.2 Å². The van der Waals surface area contributed by atoms with Gasteiger partial charge >= 0.3 is 0 Å². The largest absolute Gasteiger partial charge is 0.497 e. The van der Waals surface area contributed by atoms with E-state index in [4.69, 9.17) is 4.74 Å². The van der Waals surface area contributed by atoms with E-state index in [1.807, 2.05) is 40.8 Å². The van der Waals surface area contributed by atoms with E-state index in [1.165, 1.54) is 28.5 Å². The Morgan fingerprint density at radius 3 is 2.58 bits per heavy atom. The molecule has 0 fully saturated rings. The van der Waals surface area contributed by atoms with E-state index in [0.29, 0.717) is 39.0 Å². The number of non-ortho nitro benzene ring substituents is 1. The van der Waals surface area contributed by atoms with E-state index in [2.05, 4.69) is 10.2 Å². The van der Waals surface area contributed by atoms with Gasteiger partial charge in [-0.2, -0.15) is 0 Å². The molecule has 9 nitrogen and oxygen atoms in total. The van der Waals surface area contributed by atoms with E-state index in [1.54, 1.807) is 31.4 Å². The van der Waals surface area contributed by atoms with Crippen LogP contribution in [-0.4, -0.2) is 31.2 Å². The molecule has 0 saturated heterocycles. The predicted octanol–water partition coefficient (Wildman–Crippen LogP) is 4.24. The zero-order chi connectivity index (χ0) is 22.9. The summed E-state index contributed by atoms with van der Waals surface area (Å²) in [5.41, 5.74) is 2.07. The lowest BCUT2D eigenvalue weighted by molar-refractivity contribution is -0.384. The van der Waals surface area contributed by atoms with Crippen molar-refractivity contribution in [2.75, 3.05) is 7.11 Å². The molecule has 33 heavy (non-hydrogen) atoms. The third kappa shape index (κ3) is 3.70. The molecule has 0 aliphatic heterocycles. The fourth-order valence-corrected chi connectivity index (χ4v) is 4.51. The SMILES string of the molecule is COc1cccc(-n2c(=O)c3ccccc3n3c(SCc4ccc([N+](=O)[O-])cc4)nnc23)c1. The van der Waals surface area contributed by atoms with Gasteiger partial charge in [0.15, 0.2) is 5.16 Å². The number of ether oxygens (including phenoxy) is 1. The highest BCUT2D eigenvalue weighted by Crippen LogP contribution is 2.27. The Bertz CT molecular complexity index is 1560. The fourth-order valence-electron chi connectivity index (χ4n) is 3.62. The van der Waals surface area contributed by atoms with Gasteiger partial charge < -0.3 is 4.74 Å². The van der Waals surface area contributed by atoms with Crippen LogP contribution in [0.3, 0.4) is 0 Å². The number of nitro benzene ring substituents is 1. The van der Waals surface area contributed by atoms with E-state index in [-0.39, 0.29) is 11.2 Å². The summed E-state index contributed by atoms with van der Waals surface area (Å²) in [6.45, 7) is 0. The molecule has 3 aromatic carbocycles. The maximum Gasteiger partial charge on any atom is 0.269 e. The van der Waals surface area contributed by atoms with Crippen LogP contribution in [0.1, 0.15) is 5.56 Å². The Balaban J connectivity index is 1.63. The minimum Gasteiger partial charge on any atom is -0.497 e.